The van der Waals surface area contributed by atoms with Gasteiger partial charge in [-0.1, -0.05) is 38.1 Å². The van der Waals surface area contributed by atoms with Gasteiger partial charge in [-0.05, 0) is 24.0 Å². The first-order valence-electron chi connectivity index (χ1n) is 7.26. The largest absolute Gasteiger partial charge is 0.323 e. The lowest BCUT2D eigenvalue weighted by atomic mass is 9.93. The monoisotopic (exact) mass is 283 g/mol. The van der Waals surface area contributed by atoms with Crippen molar-refractivity contribution in [1.82, 2.24) is 9.97 Å². The van der Waals surface area contributed by atoms with Crippen LogP contribution in [0.1, 0.15) is 43.1 Å². The molecule has 1 aromatic carbocycles. The molecule has 0 saturated heterocycles. The molecular formula is C17H21N3O. The van der Waals surface area contributed by atoms with E-state index >= 15 is 0 Å². The number of benzene rings is 1. The van der Waals surface area contributed by atoms with E-state index in [-0.39, 0.29) is 11.8 Å². The first-order chi connectivity index (χ1) is 10.1. The summed E-state index contributed by atoms with van der Waals surface area (Å²) in [4.78, 5) is 20.4. The van der Waals surface area contributed by atoms with Crippen LogP contribution in [0.25, 0.3) is 0 Å². The number of amides is 1. The third kappa shape index (κ3) is 4.12. The molecule has 0 aliphatic carbocycles. The summed E-state index contributed by atoms with van der Waals surface area (Å²) in [6.45, 7) is 6.14. The van der Waals surface area contributed by atoms with Gasteiger partial charge in [-0.2, -0.15) is 0 Å². The number of anilines is 1. The van der Waals surface area contributed by atoms with Crippen LogP contribution in [0.4, 0.5) is 5.69 Å². The van der Waals surface area contributed by atoms with Crippen molar-refractivity contribution < 1.29 is 4.79 Å². The van der Waals surface area contributed by atoms with E-state index in [0.29, 0.717) is 12.1 Å². The Hall–Kier alpha value is -2.23. The third-order valence-corrected chi connectivity index (χ3v) is 3.52. The van der Waals surface area contributed by atoms with Crippen molar-refractivity contribution in [1.29, 1.82) is 0 Å². The summed E-state index contributed by atoms with van der Waals surface area (Å²) in [5, 5.41) is 2.85. The van der Waals surface area contributed by atoms with Gasteiger partial charge in [0, 0.05) is 12.8 Å². The van der Waals surface area contributed by atoms with Gasteiger partial charge in [0.25, 0.3) is 0 Å². The molecule has 1 N–H and O–H groups in total. The molecule has 0 aliphatic rings. The van der Waals surface area contributed by atoms with Crippen LogP contribution >= 0.6 is 0 Å². The van der Waals surface area contributed by atoms with E-state index in [1.165, 1.54) is 11.1 Å². The number of aryl methyl sites for hydroxylation is 2. The van der Waals surface area contributed by atoms with Crippen molar-refractivity contribution in [3.05, 3.63) is 53.6 Å². The maximum absolute atomic E-state index is 12.1. The lowest BCUT2D eigenvalue weighted by molar-refractivity contribution is -0.116. The molecule has 1 heterocycles. The molecule has 2 aromatic rings. The second kappa shape index (κ2) is 6.97. The van der Waals surface area contributed by atoms with E-state index in [9.17, 15) is 4.79 Å². The first kappa shape index (κ1) is 15.2. The normalized spacial score (nSPS) is 12.0. The number of hydrogen-bond acceptors (Lipinski definition) is 3. The second-order valence-electron chi connectivity index (χ2n) is 5.25. The van der Waals surface area contributed by atoms with Gasteiger partial charge in [0.2, 0.25) is 5.91 Å². The molecule has 0 saturated carbocycles. The number of aromatic nitrogens is 2. The fourth-order valence-corrected chi connectivity index (χ4v) is 2.34. The molecule has 2 rings (SSSR count). The summed E-state index contributed by atoms with van der Waals surface area (Å²) in [5.41, 5.74) is 3.08. The highest BCUT2D eigenvalue weighted by molar-refractivity contribution is 5.90. The Labute approximate surface area is 125 Å². The van der Waals surface area contributed by atoms with Crippen molar-refractivity contribution >= 4 is 11.6 Å². The molecule has 21 heavy (non-hydrogen) atoms. The highest BCUT2D eigenvalue weighted by Gasteiger charge is 2.13. The van der Waals surface area contributed by atoms with E-state index in [1.807, 2.05) is 19.1 Å². The average molecular weight is 283 g/mol. The zero-order chi connectivity index (χ0) is 15.2. The topological polar surface area (TPSA) is 54.9 Å². The predicted molar refractivity (Wildman–Crippen MR) is 84.3 cm³/mol. The lowest BCUT2D eigenvalue weighted by Crippen LogP contribution is -2.15. The summed E-state index contributed by atoms with van der Waals surface area (Å²) >= 11 is 0. The Balaban J connectivity index is 1.96. The van der Waals surface area contributed by atoms with E-state index in [0.717, 1.165) is 12.2 Å². The number of carbonyl (C=O) groups excluding carboxylic acids is 1. The molecule has 0 spiro atoms. The number of nitrogens with zero attached hydrogens (tertiary/aromatic N) is 2. The van der Waals surface area contributed by atoms with E-state index in [2.05, 4.69) is 41.3 Å². The minimum absolute atomic E-state index is 0.0152. The van der Waals surface area contributed by atoms with Gasteiger partial charge < -0.3 is 5.32 Å². The highest BCUT2D eigenvalue weighted by atomic mass is 16.1. The van der Waals surface area contributed by atoms with Crippen LogP contribution < -0.4 is 5.32 Å². The van der Waals surface area contributed by atoms with Gasteiger partial charge in [-0.25, -0.2) is 9.97 Å². The van der Waals surface area contributed by atoms with Gasteiger partial charge in [0.15, 0.2) is 0 Å². The summed E-state index contributed by atoms with van der Waals surface area (Å²) < 4.78 is 0. The SMILES string of the molecule is CCc1ncc(NC(=O)C[C@H](C)c2ccccc2C)cn1. The summed E-state index contributed by atoms with van der Waals surface area (Å²) in [5.74, 6) is 0.946. The van der Waals surface area contributed by atoms with Gasteiger partial charge in [0.1, 0.15) is 5.82 Å². The maximum atomic E-state index is 12.1. The Morgan fingerprint density at radius 1 is 1.24 bits per heavy atom. The zero-order valence-electron chi connectivity index (χ0n) is 12.8. The molecule has 4 nitrogen and oxygen atoms in total. The first-order valence-corrected chi connectivity index (χ1v) is 7.26. The fourth-order valence-electron chi connectivity index (χ4n) is 2.34. The Morgan fingerprint density at radius 2 is 1.90 bits per heavy atom. The molecule has 1 aromatic heterocycles. The summed E-state index contributed by atoms with van der Waals surface area (Å²) in [7, 11) is 0. The fraction of sp³-hybridized carbons (Fsp3) is 0.353. The van der Waals surface area contributed by atoms with Crippen LogP contribution in [0.5, 0.6) is 0 Å². The smallest absolute Gasteiger partial charge is 0.225 e. The van der Waals surface area contributed by atoms with Crippen LogP contribution in [-0.2, 0) is 11.2 Å². The Kier molecular flexibility index (Phi) is 5.04. The van der Waals surface area contributed by atoms with Gasteiger partial charge >= 0.3 is 0 Å². The molecule has 0 fully saturated rings. The standard InChI is InChI=1S/C17H21N3O/c1-4-16-18-10-14(11-19-16)20-17(21)9-13(3)15-8-6-5-7-12(15)2/h5-8,10-11,13H,4,9H2,1-3H3,(H,20,21)/t13-/m0/s1. The van der Waals surface area contributed by atoms with Crippen molar-refractivity contribution in [3.63, 3.8) is 0 Å². The molecule has 110 valence electrons. The molecule has 1 atom stereocenters. The zero-order valence-corrected chi connectivity index (χ0v) is 12.8. The summed E-state index contributed by atoms with van der Waals surface area (Å²) in [6.07, 6.45) is 4.54. The average Bonchev–Trinajstić information content (AvgIpc) is 2.48. The van der Waals surface area contributed by atoms with Crippen LogP contribution in [0.3, 0.4) is 0 Å². The van der Waals surface area contributed by atoms with Crippen LogP contribution in [0, 0.1) is 6.92 Å². The Bertz CT molecular complexity index is 608. The quantitative estimate of drug-likeness (QED) is 0.914. The number of nitrogens with one attached hydrogen (secondary N) is 1. The van der Waals surface area contributed by atoms with Crippen LogP contribution in [0.2, 0.25) is 0 Å². The van der Waals surface area contributed by atoms with Crippen LogP contribution in [0.15, 0.2) is 36.7 Å². The Morgan fingerprint density at radius 3 is 2.52 bits per heavy atom. The molecular weight excluding hydrogens is 262 g/mol. The van der Waals surface area contributed by atoms with Gasteiger partial charge in [-0.15, -0.1) is 0 Å². The van der Waals surface area contributed by atoms with E-state index in [1.54, 1.807) is 12.4 Å². The number of rotatable bonds is 5. The van der Waals surface area contributed by atoms with Crippen molar-refractivity contribution in [3.8, 4) is 0 Å². The molecule has 0 unspecified atom stereocenters. The van der Waals surface area contributed by atoms with Crippen molar-refractivity contribution in [2.24, 2.45) is 0 Å². The van der Waals surface area contributed by atoms with Crippen molar-refractivity contribution in [2.45, 2.75) is 39.5 Å². The third-order valence-electron chi connectivity index (χ3n) is 3.52. The highest BCUT2D eigenvalue weighted by Crippen LogP contribution is 2.22. The van der Waals surface area contributed by atoms with E-state index < -0.39 is 0 Å². The maximum Gasteiger partial charge on any atom is 0.225 e. The lowest BCUT2D eigenvalue weighted by Gasteiger charge is -2.14. The van der Waals surface area contributed by atoms with Gasteiger partial charge in [-0.3, -0.25) is 4.79 Å². The van der Waals surface area contributed by atoms with Crippen molar-refractivity contribution in [2.75, 3.05) is 5.32 Å². The van der Waals surface area contributed by atoms with Crippen LogP contribution in [-0.4, -0.2) is 15.9 Å². The second-order valence-corrected chi connectivity index (χ2v) is 5.25. The number of carbonyl (C=O) groups is 1. The molecule has 0 aliphatic heterocycles. The minimum atomic E-state index is -0.0152. The molecule has 0 bridgehead atoms. The molecule has 4 heteroatoms. The summed E-state index contributed by atoms with van der Waals surface area (Å²) in [6, 6.07) is 8.17. The minimum Gasteiger partial charge on any atom is -0.323 e. The number of hydrogen-bond donors (Lipinski definition) is 1. The van der Waals surface area contributed by atoms with Gasteiger partial charge in [0.05, 0.1) is 18.1 Å². The predicted octanol–water partition coefficient (Wildman–Crippen LogP) is 3.48. The van der Waals surface area contributed by atoms with E-state index in [4.69, 9.17) is 0 Å². The molecule has 1 amide bonds. The molecule has 0 radical (unpaired) electrons.